The van der Waals surface area contributed by atoms with Crippen molar-refractivity contribution in [3.63, 3.8) is 0 Å². The lowest BCUT2D eigenvalue weighted by atomic mass is 10.1. The SMILES string of the molecule is O=C1CCCN1Cc1cccc(CNc2ccc3ccccc3n2)c1. The molecule has 0 saturated carbocycles. The molecule has 4 heteroatoms. The molecule has 4 nitrogen and oxygen atoms in total. The van der Waals surface area contributed by atoms with Crippen LogP contribution < -0.4 is 5.32 Å². The van der Waals surface area contributed by atoms with Crippen molar-refractivity contribution in [2.75, 3.05) is 11.9 Å². The second-order valence-electron chi connectivity index (χ2n) is 6.48. The number of likely N-dealkylation sites (tertiary alicyclic amines) is 1. The van der Waals surface area contributed by atoms with E-state index in [2.05, 4.69) is 46.7 Å². The van der Waals surface area contributed by atoms with Crippen molar-refractivity contribution in [2.24, 2.45) is 0 Å². The van der Waals surface area contributed by atoms with Crippen LogP contribution in [0.2, 0.25) is 0 Å². The summed E-state index contributed by atoms with van der Waals surface area (Å²) in [7, 11) is 0. The molecule has 0 radical (unpaired) electrons. The van der Waals surface area contributed by atoms with E-state index in [-0.39, 0.29) is 5.91 Å². The average Bonchev–Trinajstić information content (AvgIpc) is 3.05. The number of anilines is 1. The number of pyridine rings is 1. The number of amides is 1. The molecule has 0 aliphatic carbocycles. The van der Waals surface area contributed by atoms with Crippen LogP contribution in [0.3, 0.4) is 0 Å². The van der Waals surface area contributed by atoms with Crippen LogP contribution in [0, 0.1) is 0 Å². The second-order valence-corrected chi connectivity index (χ2v) is 6.48. The predicted molar refractivity (Wildman–Crippen MR) is 100 cm³/mol. The number of carbonyl (C=O) groups is 1. The van der Waals surface area contributed by atoms with Gasteiger partial charge in [0.25, 0.3) is 0 Å². The van der Waals surface area contributed by atoms with E-state index in [0.29, 0.717) is 19.5 Å². The number of aromatic nitrogens is 1. The third kappa shape index (κ3) is 3.63. The maximum atomic E-state index is 11.8. The Hall–Kier alpha value is -2.88. The Bertz CT molecular complexity index is 906. The molecule has 0 spiro atoms. The molecule has 0 unspecified atom stereocenters. The van der Waals surface area contributed by atoms with Gasteiger partial charge in [0.15, 0.2) is 0 Å². The number of fused-ring (bicyclic) bond motifs is 1. The zero-order valence-electron chi connectivity index (χ0n) is 14.1. The monoisotopic (exact) mass is 331 g/mol. The molecular weight excluding hydrogens is 310 g/mol. The Morgan fingerprint density at radius 2 is 1.88 bits per heavy atom. The van der Waals surface area contributed by atoms with E-state index in [1.165, 1.54) is 11.1 Å². The molecule has 1 saturated heterocycles. The number of carbonyl (C=O) groups excluding carboxylic acids is 1. The number of nitrogens with zero attached hydrogens (tertiary/aromatic N) is 2. The Morgan fingerprint density at radius 1 is 1.00 bits per heavy atom. The molecule has 0 bridgehead atoms. The Balaban J connectivity index is 1.43. The first kappa shape index (κ1) is 15.6. The maximum Gasteiger partial charge on any atom is 0.222 e. The Morgan fingerprint density at radius 3 is 2.76 bits per heavy atom. The van der Waals surface area contributed by atoms with Crippen LogP contribution >= 0.6 is 0 Å². The molecule has 126 valence electrons. The maximum absolute atomic E-state index is 11.8. The summed E-state index contributed by atoms with van der Waals surface area (Å²) in [6.45, 7) is 2.30. The molecule has 2 aromatic carbocycles. The largest absolute Gasteiger partial charge is 0.366 e. The van der Waals surface area contributed by atoms with Gasteiger partial charge in [-0.05, 0) is 35.7 Å². The van der Waals surface area contributed by atoms with Crippen molar-refractivity contribution in [3.8, 4) is 0 Å². The van der Waals surface area contributed by atoms with Gasteiger partial charge in [-0.15, -0.1) is 0 Å². The molecule has 3 aromatic rings. The number of para-hydroxylation sites is 1. The minimum atomic E-state index is 0.267. The number of hydrogen-bond acceptors (Lipinski definition) is 3. The lowest BCUT2D eigenvalue weighted by Crippen LogP contribution is -2.23. The van der Waals surface area contributed by atoms with Crippen molar-refractivity contribution < 1.29 is 4.79 Å². The molecule has 1 N–H and O–H groups in total. The first-order chi connectivity index (χ1) is 12.3. The minimum absolute atomic E-state index is 0.267. The van der Waals surface area contributed by atoms with Crippen LogP contribution in [0.15, 0.2) is 60.7 Å². The molecule has 1 aliphatic heterocycles. The van der Waals surface area contributed by atoms with Crippen molar-refractivity contribution in [1.82, 2.24) is 9.88 Å². The van der Waals surface area contributed by atoms with Gasteiger partial charge in [-0.3, -0.25) is 4.79 Å². The average molecular weight is 331 g/mol. The topological polar surface area (TPSA) is 45.2 Å². The molecule has 1 aromatic heterocycles. The van der Waals surface area contributed by atoms with Crippen LogP contribution in [0.5, 0.6) is 0 Å². The summed E-state index contributed by atoms with van der Waals surface area (Å²) in [5.41, 5.74) is 3.37. The summed E-state index contributed by atoms with van der Waals surface area (Å²) in [5.74, 6) is 1.14. The molecule has 4 rings (SSSR count). The third-order valence-electron chi connectivity index (χ3n) is 4.61. The zero-order valence-corrected chi connectivity index (χ0v) is 14.1. The van der Waals surface area contributed by atoms with E-state index >= 15 is 0 Å². The summed E-state index contributed by atoms with van der Waals surface area (Å²) < 4.78 is 0. The normalized spacial score (nSPS) is 14.2. The highest BCUT2D eigenvalue weighted by Gasteiger charge is 2.19. The number of rotatable bonds is 5. The molecular formula is C21H21N3O. The smallest absolute Gasteiger partial charge is 0.222 e. The lowest BCUT2D eigenvalue weighted by molar-refractivity contribution is -0.128. The van der Waals surface area contributed by atoms with Crippen molar-refractivity contribution in [1.29, 1.82) is 0 Å². The molecule has 1 amide bonds. The van der Waals surface area contributed by atoms with Gasteiger partial charge in [0.2, 0.25) is 5.91 Å². The van der Waals surface area contributed by atoms with Crippen LogP contribution in [-0.2, 0) is 17.9 Å². The van der Waals surface area contributed by atoms with Gasteiger partial charge in [0, 0.05) is 31.4 Å². The van der Waals surface area contributed by atoms with Crippen LogP contribution in [0.4, 0.5) is 5.82 Å². The van der Waals surface area contributed by atoms with Crippen LogP contribution in [-0.4, -0.2) is 22.3 Å². The van der Waals surface area contributed by atoms with E-state index in [0.717, 1.165) is 29.7 Å². The van der Waals surface area contributed by atoms with E-state index in [1.54, 1.807) is 0 Å². The summed E-state index contributed by atoms with van der Waals surface area (Å²) >= 11 is 0. The highest BCUT2D eigenvalue weighted by molar-refractivity contribution is 5.80. The molecule has 2 heterocycles. The second kappa shape index (κ2) is 6.93. The van der Waals surface area contributed by atoms with Crippen LogP contribution in [0.1, 0.15) is 24.0 Å². The fraction of sp³-hybridized carbons (Fsp3) is 0.238. The van der Waals surface area contributed by atoms with Gasteiger partial charge in [0.1, 0.15) is 5.82 Å². The van der Waals surface area contributed by atoms with Crippen molar-refractivity contribution in [2.45, 2.75) is 25.9 Å². The highest BCUT2D eigenvalue weighted by atomic mass is 16.2. The summed E-state index contributed by atoms with van der Waals surface area (Å²) in [5, 5.41) is 4.53. The fourth-order valence-electron chi connectivity index (χ4n) is 3.29. The number of nitrogens with one attached hydrogen (secondary N) is 1. The summed E-state index contributed by atoms with van der Waals surface area (Å²) in [6, 6.07) is 20.6. The van der Waals surface area contributed by atoms with Gasteiger partial charge in [-0.1, -0.05) is 42.5 Å². The lowest BCUT2D eigenvalue weighted by Gasteiger charge is -2.16. The van der Waals surface area contributed by atoms with E-state index in [1.807, 2.05) is 29.2 Å². The fourth-order valence-corrected chi connectivity index (χ4v) is 3.29. The first-order valence-electron chi connectivity index (χ1n) is 8.73. The van der Waals surface area contributed by atoms with E-state index in [4.69, 9.17) is 0 Å². The molecule has 0 atom stereocenters. The Labute approximate surface area is 147 Å². The van der Waals surface area contributed by atoms with Gasteiger partial charge in [-0.25, -0.2) is 4.98 Å². The van der Waals surface area contributed by atoms with Crippen LogP contribution in [0.25, 0.3) is 10.9 Å². The standard InChI is InChI=1S/C21H21N3O/c25-21-9-4-12-24(21)15-17-6-3-5-16(13-17)14-22-20-11-10-18-7-1-2-8-19(18)23-20/h1-3,5-8,10-11,13H,4,9,12,14-15H2,(H,22,23). The quantitative estimate of drug-likeness (QED) is 0.769. The first-order valence-corrected chi connectivity index (χ1v) is 8.73. The zero-order chi connectivity index (χ0) is 17.1. The third-order valence-corrected chi connectivity index (χ3v) is 4.61. The molecule has 1 aliphatic rings. The number of benzene rings is 2. The highest BCUT2D eigenvalue weighted by Crippen LogP contribution is 2.17. The Kier molecular flexibility index (Phi) is 4.34. The van der Waals surface area contributed by atoms with Gasteiger partial charge in [-0.2, -0.15) is 0 Å². The van der Waals surface area contributed by atoms with E-state index < -0.39 is 0 Å². The van der Waals surface area contributed by atoms with Crippen molar-refractivity contribution >= 4 is 22.6 Å². The van der Waals surface area contributed by atoms with Gasteiger partial charge >= 0.3 is 0 Å². The van der Waals surface area contributed by atoms with Gasteiger partial charge < -0.3 is 10.2 Å². The van der Waals surface area contributed by atoms with Crippen molar-refractivity contribution in [3.05, 3.63) is 71.8 Å². The van der Waals surface area contributed by atoms with E-state index in [9.17, 15) is 4.79 Å². The molecule has 1 fully saturated rings. The van der Waals surface area contributed by atoms with Gasteiger partial charge in [0.05, 0.1) is 5.52 Å². The summed E-state index contributed by atoms with van der Waals surface area (Å²) in [6.07, 6.45) is 1.67. The summed E-state index contributed by atoms with van der Waals surface area (Å²) in [4.78, 5) is 18.4. The minimum Gasteiger partial charge on any atom is -0.366 e. The predicted octanol–water partition coefficient (Wildman–Crippen LogP) is 3.97. The molecule has 25 heavy (non-hydrogen) atoms. The number of hydrogen-bond donors (Lipinski definition) is 1.